The number of nitrogens with zero attached hydrogens (tertiary/aromatic N) is 4. The second-order valence-electron chi connectivity index (χ2n) is 3.93. The van der Waals surface area contributed by atoms with Gasteiger partial charge in [-0.3, -0.25) is 0 Å². The highest BCUT2D eigenvalue weighted by Crippen LogP contribution is 2.16. The van der Waals surface area contributed by atoms with Crippen LogP contribution in [0.25, 0.3) is 11.2 Å². The van der Waals surface area contributed by atoms with Crippen molar-refractivity contribution in [1.82, 2.24) is 19.5 Å². The number of hydrogen-bond donors (Lipinski definition) is 1. The zero-order valence-corrected chi connectivity index (χ0v) is 11.6. The van der Waals surface area contributed by atoms with Gasteiger partial charge in [-0.15, -0.1) is 0 Å². The van der Waals surface area contributed by atoms with E-state index in [1.165, 1.54) is 15.5 Å². The molecule has 90 valence electrons. The highest BCUT2D eigenvalue weighted by Gasteiger charge is 2.07. The lowest BCUT2D eigenvalue weighted by Crippen LogP contribution is -2.00. The van der Waals surface area contributed by atoms with Crippen LogP contribution in [0.1, 0.15) is 5.56 Å². The van der Waals surface area contributed by atoms with Gasteiger partial charge in [-0.05, 0) is 40.3 Å². The van der Waals surface area contributed by atoms with Crippen LogP contribution in [0.4, 0.5) is 5.82 Å². The van der Waals surface area contributed by atoms with Crippen LogP contribution < -0.4 is 5.73 Å². The molecule has 0 aliphatic rings. The summed E-state index contributed by atoms with van der Waals surface area (Å²) in [5, 5.41) is 0. The van der Waals surface area contributed by atoms with E-state index in [1.807, 2.05) is 4.57 Å². The van der Waals surface area contributed by atoms with E-state index in [-0.39, 0.29) is 0 Å². The number of aromatic nitrogens is 4. The molecule has 0 aliphatic heterocycles. The van der Waals surface area contributed by atoms with Gasteiger partial charge < -0.3 is 10.3 Å². The third-order valence-electron chi connectivity index (χ3n) is 2.70. The minimum Gasteiger partial charge on any atom is -0.382 e. The van der Waals surface area contributed by atoms with E-state index in [9.17, 15) is 0 Å². The molecule has 1 aromatic carbocycles. The Bertz CT molecular complexity index is 689. The first kappa shape index (κ1) is 11.4. The van der Waals surface area contributed by atoms with Gasteiger partial charge in [-0.1, -0.05) is 12.1 Å². The molecule has 2 heterocycles. The summed E-state index contributed by atoms with van der Waals surface area (Å²) in [5.74, 6) is 0.418. The Labute approximate surface area is 117 Å². The van der Waals surface area contributed by atoms with Crippen LogP contribution >= 0.6 is 22.6 Å². The van der Waals surface area contributed by atoms with Gasteiger partial charge in [0.1, 0.15) is 11.8 Å². The Hall–Kier alpha value is -1.70. The third-order valence-corrected chi connectivity index (χ3v) is 3.41. The fourth-order valence-electron chi connectivity index (χ4n) is 1.80. The van der Waals surface area contributed by atoms with Crippen molar-refractivity contribution >= 4 is 39.6 Å². The predicted molar refractivity (Wildman–Crippen MR) is 78.0 cm³/mol. The van der Waals surface area contributed by atoms with E-state index in [0.29, 0.717) is 11.3 Å². The molecule has 0 fully saturated rings. The third kappa shape index (κ3) is 2.03. The summed E-state index contributed by atoms with van der Waals surface area (Å²) in [6.45, 7) is 0.726. The normalized spacial score (nSPS) is 10.9. The van der Waals surface area contributed by atoms with Crippen LogP contribution in [0.15, 0.2) is 36.9 Å². The number of halogens is 1. The molecule has 5 nitrogen and oxygen atoms in total. The molecular weight excluding hydrogens is 341 g/mol. The second-order valence-corrected chi connectivity index (χ2v) is 5.18. The van der Waals surface area contributed by atoms with Gasteiger partial charge in [-0.25, -0.2) is 15.0 Å². The fraction of sp³-hybridized carbons (Fsp3) is 0.0833. The topological polar surface area (TPSA) is 69.6 Å². The first-order chi connectivity index (χ1) is 8.74. The quantitative estimate of drug-likeness (QED) is 0.718. The molecule has 6 heteroatoms. The molecule has 0 spiro atoms. The molecule has 3 aromatic rings. The zero-order chi connectivity index (χ0) is 12.5. The van der Waals surface area contributed by atoms with Crippen molar-refractivity contribution in [3.63, 3.8) is 0 Å². The lowest BCUT2D eigenvalue weighted by atomic mass is 10.2. The summed E-state index contributed by atoms with van der Waals surface area (Å²) in [6, 6.07) is 8.35. The van der Waals surface area contributed by atoms with Crippen molar-refractivity contribution in [3.05, 3.63) is 46.1 Å². The van der Waals surface area contributed by atoms with E-state index < -0.39 is 0 Å². The summed E-state index contributed by atoms with van der Waals surface area (Å²) < 4.78 is 3.19. The predicted octanol–water partition coefficient (Wildman–Crippen LogP) is 2.06. The van der Waals surface area contributed by atoms with Crippen LogP contribution in [0.5, 0.6) is 0 Å². The van der Waals surface area contributed by atoms with E-state index in [0.717, 1.165) is 12.2 Å². The summed E-state index contributed by atoms with van der Waals surface area (Å²) in [5.41, 5.74) is 8.38. The van der Waals surface area contributed by atoms with Crippen molar-refractivity contribution in [2.75, 3.05) is 5.73 Å². The van der Waals surface area contributed by atoms with Gasteiger partial charge in [0.25, 0.3) is 0 Å². The van der Waals surface area contributed by atoms with Crippen molar-refractivity contribution < 1.29 is 0 Å². The van der Waals surface area contributed by atoms with Crippen molar-refractivity contribution in [2.24, 2.45) is 0 Å². The summed E-state index contributed by atoms with van der Waals surface area (Å²) >= 11 is 2.29. The van der Waals surface area contributed by atoms with Crippen molar-refractivity contribution in [3.8, 4) is 0 Å². The molecule has 18 heavy (non-hydrogen) atoms. The molecule has 2 aromatic heterocycles. The lowest BCUT2D eigenvalue weighted by Gasteiger charge is -2.04. The maximum atomic E-state index is 5.75. The molecular formula is C12H10IN5. The number of fused-ring (bicyclic) bond motifs is 1. The molecule has 0 amide bonds. The Morgan fingerprint density at radius 1 is 1.11 bits per heavy atom. The van der Waals surface area contributed by atoms with Crippen molar-refractivity contribution in [1.29, 1.82) is 0 Å². The van der Waals surface area contributed by atoms with E-state index in [1.54, 1.807) is 6.33 Å². The molecule has 0 bridgehead atoms. The average molecular weight is 351 g/mol. The summed E-state index contributed by atoms with van der Waals surface area (Å²) in [7, 11) is 0. The largest absolute Gasteiger partial charge is 0.382 e. The van der Waals surface area contributed by atoms with E-state index >= 15 is 0 Å². The van der Waals surface area contributed by atoms with Gasteiger partial charge in [0.05, 0.1) is 12.9 Å². The molecule has 0 atom stereocenters. The molecule has 0 saturated carbocycles. The van der Waals surface area contributed by atoms with Crippen LogP contribution in [-0.4, -0.2) is 19.5 Å². The van der Waals surface area contributed by atoms with Gasteiger partial charge in [0, 0.05) is 3.57 Å². The summed E-state index contributed by atoms with van der Waals surface area (Å²) in [4.78, 5) is 12.4. The van der Waals surface area contributed by atoms with Crippen LogP contribution in [0, 0.1) is 3.57 Å². The Balaban J connectivity index is 2.00. The van der Waals surface area contributed by atoms with Crippen LogP contribution in [0.3, 0.4) is 0 Å². The standard InChI is InChI=1S/C12H10IN5/c13-9-3-1-8(2-4-9)5-18-7-17-10-11(14)15-6-16-12(10)18/h1-4,6-7H,5H2,(H2,14,15,16). The molecule has 0 aliphatic carbocycles. The number of nitrogen functional groups attached to an aromatic ring is 1. The van der Waals surface area contributed by atoms with Crippen LogP contribution in [0.2, 0.25) is 0 Å². The first-order valence-corrected chi connectivity index (χ1v) is 6.47. The molecule has 0 saturated heterocycles. The smallest absolute Gasteiger partial charge is 0.165 e. The highest BCUT2D eigenvalue weighted by molar-refractivity contribution is 14.1. The van der Waals surface area contributed by atoms with Gasteiger partial charge in [0.2, 0.25) is 0 Å². The SMILES string of the molecule is Nc1ncnc2c1ncn2Cc1ccc(I)cc1. The maximum Gasteiger partial charge on any atom is 0.165 e. The maximum absolute atomic E-state index is 5.75. The number of anilines is 1. The zero-order valence-electron chi connectivity index (χ0n) is 9.42. The Morgan fingerprint density at radius 3 is 2.67 bits per heavy atom. The fourth-order valence-corrected chi connectivity index (χ4v) is 2.16. The van der Waals surface area contributed by atoms with Gasteiger partial charge in [0.15, 0.2) is 11.5 Å². The van der Waals surface area contributed by atoms with Gasteiger partial charge >= 0.3 is 0 Å². The highest BCUT2D eigenvalue weighted by atomic mass is 127. The monoisotopic (exact) mass is 351 g/mol. The molecule has 0 unspecified atom stereocenters. The first-order valence-electron chi connectivity index (χ1n) is 5.40. The minimum absolute atomic E-state index is 0.418. The number of imidazole rings is 1. The van der Waals surface area contributed by atoms with Gasteiger partial charge in [-0.2, -0.15) is 0 Å². The van der Waals surface area contributed by atoms with E-state index in [4.69, 9.17) is 5.73 Å². The van der Waals surface area contributed by atoms with Crippen molar-refractivity contribution in [2.45, 2.75) is 6.54 Å². The molecule has 3 rings (SSSR count). The number of benzene rings is 1. The molecule has 0 radical (unpaired) electrons. The number of hydrogen-bond acceptors (Lipinski definition) is 4. The second kappa shape index (κ2) is 4.52. The summed E-state index contributed by atoms with van der Waals surface area (Å²) in [6.07, 6.45) is 3.21. The number of nitrogens with two attached hydrogens (primary N) is 1. The van der Waals surface area contributed by atoms with E-state index in [2.05, 4.69) is 61.8 Å². The Morgan fingerprint density at radius 2 is 1.89 bits per heavy atom. The minimum atomic E-state index is 0.418. The number of rotatable bonds is 2. The molecule has 2 N–H and O–H groups in total. The Kier molecular flexibility index (Phi) is 2.86. The average Bonchev–Trinajstić information content (AvgIpc) is 2.77. The van der Waals surface area contributed by atoms with Crippen LogP contribution in [-0.2, 0) is 6.54 Å². The lowest BCUT2D eigenvalue weighted by molar-refractivity contribution is 0.813.